The van der Waals surface area contributed by atoms with Crippen molar-refractivity contribution in [2.45, 2.75) is 19.9 Å². The molecular weight excluding hydrogens is 436 g/mol. The molecule has 2 rings (SSSR count). The molecule has 0 aliphatic heterocycles. The summed E-state index contributed by atoms with van der Waals surface area (Å²) in [5.74, 6) is 0. The summed E-state index contributed by atoms with van der Waals surface area (Å²) in [6, 6.07) is 10.1. The molecule has 2 aromatic carbocycles. The summed E-state index contributed by atoms with van der Waals surface area (Å²) in [7, 11) is 0. The Morgan fingerprint density at radius 1 is 1.16 bits per heavy atom. The molecule has 0 heterocycles. The number of aryl methyl sites for hydroxylation is 2. The van der Waals surface area contributed by atoms with Crippen LogP contribution in [-0.4, -0.2) is 0 Å². The van der Waals surface area contributed by atoms with E-state index in [9.17, 15) is 0 Å². The number of hydrogen-bond donors (Lipinski definition) is 1. The van der Waals surface area contributed by atoms with Crippen LogP contribution in [-0.2, 0) is 0 Å². The monoisotopic (exact) mass is 449 g/mol. The van der Waals surface area contributed by atoms with Crippen LogP contribution >= 0.6 is 50.1 Å². The molecule has 1 atom stereocenters. The van der Waals surface area contributed by atoms with E-state index in [1.165, 1.54) is 11.1 Å². The number of nitrogens with two attached hydrogens (primary N) is 1. The van der Waals surface area contributed by atoms with E-state index < -0.39 is 0 Å². The van der Waals surface area contributed by atoms with Gasteiger partial charge in [0.25, 0.3) is 0 Å². The highest BCUT2D eigenvalue weighted by Gasteiger charge is 2.14. The van der Waals surface area contributed by atoms with Crippen LogP contribution < -0.4 is 5.73 Å². The number of rotatable bonds is 2. The zero-order valence-corrected chi connectivity index (χ0v) is 15.2. The van der Waals surface area contributed by atoms with E-state index in [4.69, 9.17) is 17.3 Å². The van der Waals surface area contributed by atoms with Gasteiger partial charge in [0.05, 0.1) is 11.1 Å². The van der Waals surface area contributed by atoms with Gasteiger partial charge in [-0.25, -0.2) is 0 Å². The fourth-order valence-electron chi connectivity index (χ4n) is 2.02. The minimum atomic E-state index is -0.152. The van der Waals surface area contributed by atoms with Crippen molar-refractivity contribution in [3.8, 4) is 0 Å². The first kappa shape index (κ1) is 15.3. The van der Waals surface area contributed by atoms with E-state index in [1.54, 1.807) is 0 Å². The molecule has 2 aromatic rings. The molecule has 0 amide bonds. The van der Waals surface area contributed by atoms with E-state index in [1.807, 2.05) is 18.2 Å². The van der Waals surface area contributed by atoms with Gasteiger partial charge >= 0.3 is 0 Å². The standard InChI is InChI=1S/C15H14BrClIN/c1-8-6-12(16)9(2)5-11(8)15(19)10-3-4-14(18)13(17)7-10/h3-7,15H,19H2,1-2H3. The lowest BCUT2D eigenvalue weighted by Gasteiger charge is -2.17. The van der Waals surface area contributed by atoms with E-state index in [0.717, 1.165) is 24.2 Å². The maximum Gasteiger partial charge on any atom is 0.0554 e. The summed E-state index contributed by atoms with van der Waals surface area (Å²) in [4.78, 5) is 0. The molecule has 0 fully saturated rings. The van der Waals surface area contributed by atoms with Crippen LogP contribution in [0.3, 0.4) is 0 Å². The number of benzene rings is 2. The zero-order valence-electron chi connectivity index (χ0n) is 10.7. The minimum Gasteiger partial charge on any atom is -0.320 e. The highest BCUT2D eigenvalue weighted by molar-refractivity contribution is 14.1. The SMILES string of the molecule is Cc1cc(C(N)c2ccc(I)c(Cl)c2)c(C)cc1Br. The third-order valence-electron chi connectivity index (χ3n) is 3.19. The van der Waals surface area contributed by atoms with Gasteiger partial charge in [-0.15, -0.1) is 0 Å². The average Bonchev–Trinajstić information content (AvgIpc) is 2.36. The van der Waals surface area contributed by atoms with Crippen LogP contribution in [0.15, 0.2) is 34.8 Å². The second kappa shape index (κ2) is 6.12. The van der Waals surface area contributed by atoms with Crippen molar-refractivity contribution in [3.05, 3.63) is 65.7 Å². The van der Waals surface area contributed by atoms with Crippen LogP contribution in [0.25, 0.3) is 0 Å². The largest absolute Gasteiger partial charge is 0.320 e. The Kier molecular flexibility index (Phi) is 4.93. The van der Waals surface area contributed by atoms with Gasteiger partial charge in [-0.05, 0) is 76.9 Å². The van der Waals surface area contributed by atoms with Gasteiger partial charge in [0, 0.05) is 8.04 Å². The molecule has 0 radical (unpaired) electrons. The highest BCUT2D eigenvalue weighted by Crippen LogP contribution is 2.30. The molecule has 0 bridgehead atoms. The smallest absolute Gasteiger partial charge is 0.0554 e. The Balaban J connectivity index is 2.46. The van der Waals surface area contributed by atoms with Gasteiger partial charge in [0.1, 0.15) is 0 Å². The molecular formula is C15H14BrClIN. The van der Waals surface area contributed by atoms with Crippen LogP contribution in [0.5, 0.6) is 0 Å². The van der Waals surface area contributed by atoms with Crippen LogP contribution in [0.4, 0.5) is 0 Å². The first-order chi connectivity index (χ1) is 8.90. The first-order valence-electron chi connectivity index (χ1n) is 5.87. The van der Waals surface area contributed by atoms with Gasteiger partial charge in [0.15, 0.2) is 0 Å². The Morgan fingerprint density at radius 2 is 1.84 bits per heavy atom. The predicted octanol–water partition coefficient (Wildman–Crippen LogP) is 5.37. The molecule has 1 unspecified atom stereocenters. The second-order valence-electron chi connectivity index (χ2n) is 4.61. The normalized spacial score (nSPS) is 12.5. The van der Waals surface area contributed by atoms with Crippen molar-refractivity contribution in [1.82, 2.24) is 0 Å². The molecule has 0 saturated heterocycles. The summed E-state index contributed by atoms with van der Waals surface area (Å²) in [5.41, 5.74) is 10.9. The zero-order chi connectivity index (χ0) is 14.2. The Morgan fingerprint density at radius 3 is 2.47 bits per heavy atom. The lowest BCUT2D eigenvalue weighted by molar-refractivity contribution is 0.858. The van der Waals surface area contributed by atoms with Crippen LogP contribution in [0.2, 0.25) is 5.02 Å². The van der Waals surface area contributed by atoms with Gasteiger partial charge in [0.2, 0.25) is 0 Å². The molecule has 0 saturated carbocycles. The maximum atomic E-state index is 6.38. The summed E-state index contributed by atoms with van der Waals surface area (Å²) in [6.07, 6.45) is 0. The van der Waals surface area contributed by atoms with Crippen molar-refractivity contribution in [2.24, 2.45) is 5.73 Å². The van der Waals surface area contributed by atoms with E-state index in [2.05, 4.69) is 64.5 Å². The van der Waals surface area contributed by atoms with Gasteiger partial charge < -0.3 is 5.73 Å². The van der Waals surface area contributed by atoms with E-state index >= 15 is 0 Å². The lowest BCUT2D eigenvalue weighted by Crippen LogP contribution is -2.13. The maximum absolute atomic E-state index is 6.38. The molecule has 0 aromatic heterocycles. The Bertz CT molecular complexity index is 628. The summed E-state index contributed by atoms with van der Waals surface area (Å²) >= 11 is 11.9. The Labute approximate surface area is 140 Å². The van der Waals surface area contributed by atoms with Gasteiger partial charge in [-0.2, -0.15) is 0 Å². The molecule has 4 heteroatoms. The van der Waals surface area contributed by atoms with E-state index in [0.29, 0.717) is 0 Å². The average molecular weight is 451 g/mol. The molecule has 100 valence electrons. The summed E-state index contributed by atoms with van der Waals surface area (Å²) in [5, 5.41) is 0.750. The van der Waals surface area contributed by atoms with Crippen LogP contribution in [0, 0.1) is 17.4 Å². The second-order valence-corrected chi connectivity index (χ2v) is 7.03. The lowest BCUT2D eigenvalue weighted by atomic mass is 9.94. The van der Waals surface area contributed by atoms with Crippen LogP contribution in [0.1, 0.15) is 28.3 Å². The number of hydrogen-bond acceptors (Lipinski definition) is 1. The topological polar surface area (TPSA) is 26.0 Å². The third-order valence-corrected chi connectivity index (χ3v) is 5.61. The van der Waals surface area contributed by atoms with Crippen molar-refractivity contribution in [3.63, 3.8) is 0 Å². The Hall–Kier alpha value is -0.100. The first-order valence-corrected chi connectivity index (χ1v) is 8.12. The quantitative estimate of drug-likeness (QED) is 0.612. The highest BCUT2D eigenvalue weighted by atomic mass is 127. The molecule has 0 spiro atoms. The van der Waals surface area contributed by atoms with E-state index in [-0.39, 0.29) is 6.04 Å². The molecule has 0 aliphatic rings. The van der Waals surface area contributed by atoms with Crippen molar-refractivity contribution < 1.29 is 0 Å². The predicted molar refractivity (Wildman–Crippen MR) is 93.8 cm³/mol. The van der Waals surface area contributed by atoms with Crippen molar-refractivity contribution in [2.75, 3.05) is 0 Å². The summed E-state index contributed by atoms with van der Waals surface area (Å²) < 4.78 is 2.15. The van der Waals surface area contributed by atoms with Gasteiger partial charge in [-0.1, -0.05) is 39.7 Å². The number of halogens is 3. The molecule has 19 heavy (non-hydrogen) atoms. The molecule has 2 N–H and O–H groups in total. The van der Waals surface area contributed by atoms with Crippen molar-refractivity contribution in [1.29, 1.82) is 0 Å². The molecule has 1 nitrogen and oxygen atoms in total. The fourth-order valence-corrected chi connectivity index (χ4v) is 3.01. The minimum absolute atomic E-state index is 0.152. The van der Waals surface area contributed by atoms with Crippen molar-refractivity contribution >= 4 is 50.1 Å². The molecule has 0 aliphatic carbocycles. The van der Waals surface area contributed by atoms with Gasteiger partial charge in [-0.3, -0.25) is 0 Å². The fraction of sp³-hybridized carbons (Fsp3) is 0.200. The summed E-state index contributed by atoms with van der Waals surface area (Å²) in [6.45, 7) is 4.15. The third kappa shape index (κ3) is 3.32.